The van der Waals surface area contributed by atoms with Crippen LogP contribution in [0.4, 0.5) is 23.5 Å². The van der Waals surface area contributed by atoms with E-state index in [2.05, 4.69) is 25.7 Å². The molecule has 1 aliphatic heterocycles. The topological polar surface area (TPSA) is 105 Å². The molecule has 3 heterocycles. The van der Waals surface area contributed by atoms with Crippen LogP contribution in [0.1, 0.15) is 36.0 Å². The van der Waals surface area contributed by atoms with E-state index in [9.17, 15) is 26.0 Å². The van der Waals surface area contributed by atoms with Crippen molar-refractivity contribution in [1.82, 2.24) is 29.4 Å². The molecule has 9 nitrogen and oxygen atoms in total. The fourth-order valence-corrected chi connectivity index (χ4v) is 6.62. The Kier molecular flexibility index (Phi) is 7.37. The Morgan fingerprint density at radius 1 is 1.15 bits per heavy atom. The molecule has 1 aliphatic carbocycles. The Morgan fingerprint density at radius 2 is 1.92 bits per heavy atom. The predicted octanol–water partition coefficient (Wildman–Crippen LogP) is 3.69. The van der Waals surface area contributed by atoms with Crippen molar-refractivity contribution in [2.75, 3.05) is 25.5 Å². The molecular formula is C25H29F4N7O2S. The zero-order chi connectivity index (χ0) is 27.9. The number of benzene rings is 1. The standard InChI is InChI=1S/C25H29F4N7O2S/c1-15-9-16(10-30-2)3-6-22(15)36-13-17(11-32-36)23-19(25(27,28)29)12-31-24(34-23)33-21-7-8-35(14-20(21)26)39(37,38)18-4-5-18/h3,6,9,11-13,18,20-21,30H,4-5,7-8,10,14H2,1-2H3,(H,31,33,34)/t20-,21+/m1/s1. The van der Waals surface area contributed by atoms with E-state index in [1.54, 1.807) is 0 Å². The summed E-state index contributed by atoms with van der Waals surface area (Å²) >= 11 is 0. The largest absolute Gasteiger partial charge is 0.419 e. The van der Waals surface area contributed by atoms with Gasteiger partial charge in [-0.1, -0.05) is 12.1 Å². The molecule has 1 aromatic carbocycles. The highest BCUT2D eigenvalue weighted by Gasteiger charge is 2.44. The first kappa shape index (κ1) is 27.5. The molecule has 14 heteroatoms. The van der Waals surface area contributed by atoms with E-state index in [4.69, 9.17) is 0 Å². The fraction of sp³-hybridized carbons (Fsp3) is 0.480. The second kappa shape index (κ2) is 10.5. The summed E-state index contributed by atoms with van der Waals surface area (Å²) in [6.45, 7) is 2.36. The minimum Gasteiger partial charge on any atom is -0.348 e. The van der Waals surface area contributed by atoms with Crippen molar-refractivity contribution in [3.05, 3.63) is 53.5 Å². The van der Waals surface area contributed by atoms with Crippen LogP contribution in [0.15, 0.2) is 36.8 Å². The number of nitrogens with one attached hydrogen (secondary N) is 2. The number of rotatable bonds is 8. The van der Waals surface area contributed by atoms with E-state index < -0.39 is 39.2 Å². The number of sulfonamides is 1. The smallest absolute Gasteiger partial charge is 0.348 e. The second-order valence-corrected chi connectivity index (χ2v) is 12.1. The maximum Gasteiger partial charge on any atom is 0.419 e. The van der Waals surface area contributed by atoms with E-state index in [1.165, 1.54) is 17.1 Å². The maximum absolute atomic E-state index is 15.0. The third-order valence-corrected chi connectivity index (χ3v) is 9.33. The van der Waals surface area contributed by atoms with Crippen molar-refractivity contribution >= 4 is 16.0 Å². The summed E-state index contributed by atoms with van der Waals surface area (Å²) in [5.41, 5.74) is 1.33. The summed E-state index contributed by atoms with van der Waals surface area (Å²) in [6, 6.07) is 4.87. The molecular weight excluding hydrogens is 538 g/mol. The van der Waals surface area contributed by atoms with Crippen LogP contribution < -0.4 is 10.6 Å². The molecule has 210 valence electrons. The van der Waals surface area contributed by atoms with E-state index >= 15 is 0 Å². The molecule has 2 aromatic heterocycles. The molecule has 0 unspecified atom stereocenters. The molecule has 0 amide bonds. The van der Waals surface area contributed by atoms with Crippen molar-refractivity contribution in [2.24, 2.45) is 0 Å². The van der Waals surface area contributed by atoms with Crippen LogP contribution in [-0.2, 0) is 22.7 Å². The molecule has 0 radical (unpaired) electrons. The third-order valence-electron chi connectivity index (χ3n) is 6.96. The summed E-state index contributed by atoms with van der Waals surface area (Å²) in [4.78, 5) is 7.91. The van der Waals surface area contributed by atoms with Gasteiger partial charge in [-0.05, 0) is 50.4 Å². The number of halogens is 4. The van der Waals surface area contributed by atoms with Crippen LogP contribution in [0.3, 0.4) is 0 Å². The average molecular weight is 568 g/mol. The minimum absolute atomic E-state index is 0.115. The molecule has 5 rings (SSSR count). The second-order valence-electron chi connectivity index (χ2n) is 9.94. The number of hydrogen-bond donors (Lipinski definition) is 2. The molecule has 2 N–H and O–H groups in total. The molecule has 0 bridgehead atoms. The van der Waals surface area contributed by atoms with Crippen LogP contribution in [0.2, 0.25) is 0 Å². The van der Waals surface area contributed by atoms with Gasteiger partial charge in [-0.2, -0.15) is 22.6 Å². The van der Waals surface area contributed by atoms with Gasteiger partial charge in [0.1, 0.15) is 11.7 Å². The van der Waals surface area contributed by atoms with E-state index in [1.807, 2.05) is 32.2 Å². The summed E-state index contributed by atoms with van der Waals surface area (Å²) in [6.07, 6.45) is -1.59. The van der Waals surface area contributed by atoms with Gasteiger partial charge in [-0.15, -0.1) is 0 Å². The van der Waals surface area contributed by atoms with Crippen molar-refractivity contribution in [2.45, 2.75) is 56.4 Å². The highest BCUT2D eigenvalue weighted by atomic mass is 32.2. The molecule has 2 fully saturated rings. The van der Waals surface area contributed by atoms with Crippen LogP contribution in [-0.4, -0.2) is 70.1 Å². The molecule has 1 saturated heterocycles. The van der Waals surface area contributed by atoms with Gasteiger partial charge in [-0.25, -0.2) is 27.5 Å². The number of aromatic nitrogens is 4. The quantitative estimate of drug-likeness (QED) is 0.400. The Bertz CT molecular complexity index is 1460. The SMILES string of the molecule is CNCc1ccc(-n2cc(-c3nc(N[C@H]4CCN(S(=O)(=O)C5CC5)C[C@H]4F)ncc3C(F)(F)F)cn2)c(C)c1. The molecule has 2 atom stereocenters. The summed E-state index contributed by atoms with van der Waals surface area (Å²) in [5, 5.41) is 9.67. The maximum atomic E-state index is 15.0. The van der Waals surface area contributed by atoms with Gasteiger partial charge in [0.05, 0.1) is 28.9 Å². The first-order valence-corrected chi connectivity index (χ1v) is 14.1. The van der Waals surface area contributed by atoms with Crippen molar-refractivity contribution in [3.8, 4) is 16.9 Å². The Labute approximate surface area is 223 Å². The highest BCUT2D eigenvalue weighted by Crippen LogP contribution is 2.37. The predicted molar refractivity (Wildman–Crippen MR) is 138 cm³/mol. The summed E-state index contributed by atoms with van der Waals surface area (Å²) in [5.74, 6) is -0.176. The molecule has 2 aliphatic rings. The van der Waals surface area contributed by atoms with Gasteiger partial charge in [0.15, 0.2) is 0 Å². The van der Waals surface area contributed by atoms with E-state index in [0.717, 1.165) is 15.4 Å². The molecule has 39 heavy (non-hydrogen) atoms. The minimum atomic E-state index is -4.73. The molecule has 1 saturated carbocycles. The van der Waals surface area contributed by atoms with Crippen LogP contribution in [0.5, 0.6) is 0 Å². The lowest BCUT2D eigenvalue weighted by Crippen LogP contribution is -2.50. The van der Waals surface area contributed by atoms with E-state index in [0.29, 0.717) is 31.3 Å². The van der Waals surface area contributed by atoms with Crippen molar-refractivity contribution < 1.29 is 26.0 Å². The van der Waals surface area contributed by atoms with Crippen LogP contribution in [0.25, 0.3) is 16.9 Å². The van der Waals surface area contributed by atoms with Gasteiger partial charge in [0.25, 0.3) is 0 Å². The number of nitrogens with zero attached hydrogens (tertiary/aromatic N) is 5. The Morgan fingerprint density at radius 3 is 2.56 bits per heavy atom. The molecule has 0 spiro atoms. The van der Waals surface area contributed by atoms with Crippen molar-refractivity contribution in [1.29, 1.82) is 0 Å². The van der Waals surface area contributed by atoms with Gasteiger partial charge in [-0.3, -0.25) is 0 Å². The van der Waals surface area contributed by atoms with Gasteiger partial charge in [0, 0.05) is 37.6 Å². The van der Waals surface area contributed by atoms with Gasteiger partial charge >= 0.3 is 6.18 Å². The van der Waals surface area contributed by atoms with Gasteiger partial charge in [0.2, 0.25) is 16.0 Å². The Balaban J connectivity index is 1.39. The number of aryl methyl sites for hydroxylation is 1. The zero-order valence-electron chi connectivity index (χ0n) is 21.4. The first-order valence-electron chi connectivity index (χ1n) is 12.6. The normalized spacial score (nSPS) is 20.8. The third kappa shape index (κ3) is 5.77. The first-order chi connectivity index (χ1) is 18.5. The number of alkyl halides is 4. The number of anilines is 1. The zero-order valence-corrected chi connectivity index (χ0v) is 22.2. The number of piperidine rings is 1. The highest BCUT2D eigenvalue weighted by molar-refractivity contribution is 7.90. The summed E-state index contributed by atoms with van der Waals surface area (Å²) in [7, 11) is -1.68. The molecule has 3 aromatic rings. The van der Waals surface area contributed by atoms with Crippen LogP contribution >= 0.6 is 0 Å². The number of hydrogen-bond acceptors (Lipinski definition) is 7. The Hall–Kier alpha value is -3.10. The lowest BCUT2D eigenvalue weighted by Gasteiger charge is -2.34. The lowest BCUT2D eigenvalue weighted by atomic mass is 10.1. The fourth-order valence-electron chi connectivity index (χ4n) is 4.76. The average Bonchev–Trinajstić information content (AvgIpc) is 3.63. The monoisotopic (exact) mass is 567 g/mol. The summed E-state index contributed by atoms with van der Waals surface area (Å²) < 4.78 is 84.1. The van der Waals surface area contributed by atoms with Crippen molar-refractivity contribution in [3.63, 3.8) is 0 Å². The van der Waals surface area contributed by atoms with Crippen LogP contribution in [0, 0.1) is 6.92 Å². The van der Waals surface area contributed by atoms with Gasteiger partial charge < -0.3 is 10.6 Å². The lowest BCUT2D eigenvalue weighted by molar-refractivity contribution is -0.137. The van der Waals surface area contributed by atoms with E-state index in [-0.39, 0.29) is 36.7 Å².